The van der Waals surface area contributed by atoms with Crippen LogP contribution in [0.2, 0.25) is 0 Å². The van der Waals surface area contributed by atoms with Gasteiger partial charge in [0.15, 0.2) is 0 Å². The molecule has 7 nitrogen and oxygen atoms in total. The summed E-state index contributed by atoms with van der Waals surface area (Å²) in [6.07, 6.45) is 2.56. The van der Waals surface area contributed by atoms with Crippen LogP contribution in [0.1, 0.15) is 50.7 Å². The molecule has 0 spiro atoms. The molecule has 3 N–H and O–H groups in total. The van der Waals surface area contributed by atoms with Crippen LogP contribution >= 0.6 is 0 Å². The third-order valence-electron chi connectivity index (χ3n) is 4.92. The summed E-state index contributed by atoms with van der Waals surface area (Å²) in [5.41, 5.74) is 2.17. The van der Waals surface area contributed by atoms with Gasteiger partial charge in [0.2, 0.25) is 5.96 Å². The second-order valence-electron chi connectivity index (χ2n) is 7.18. The van der Waals surface area contributed by atoms with Gasteiger partial charge in [0.05, 0.1) is 19.0 Å². The van der Waals surface area contributed by atoms with Crippen LogP contribution in [0.5, 0.6) is 0 Å². The Kier molecular flexibility index (Phi) is 6.13. The van der Waals surface area contributed by atoms with Gasteiger partial charge in [-0.1, -0.05) is 37.3 Å². The van der Waals surface area contributed by atoms with Crippen molar-refractivity contribution in [3.8, 4) is 0 Å². The predicted molar refractivity (Wildman–Crippen MR) is 109 cm³/mol. The quantitative estimate of drug-likeness (QED) is 0.699. The molecule has 0 saturated heterocycles. The third-order valence-corrected chi connectivity index (χ3v) is 4.92. The number of aliphatic imine (C=N–C) groups is 1. The van der Waals surface area contributed by atoms with Crippen LogP contribution in [0.3, 0.4) is 0 Å². The van der Waals surface area contributed by atoms with Crippen molar-refractivity contribution >= 4 is 11.8 Å². The Bertz CT molecular complexity index is 766. The van der Waals surface area contributed by atoms with E-state index in [1.165, 1.54) is 5.56 Å². The highest BCUT2D eigenvalue weighted by Crippen LogP contribution is 2.31. The number of aliphatic hydroxyl groups is 1. The fourth-order valence-corrected chi connectivity index (χ4v) is 3.20. The fraction of sp³-hybridized carbons (Fsp3) is 0.500. The molecular weight excluding hydrogens is 340 g/mol. The van der Waals surface area contributed by atoms with Gasteiger partial charge >= 0.3 is 0 Å². The summed E-state index contributed by atoms with van der Waals surface area (Å²) in [6.45, 7) is 7.06. The van der Waals surface area contributed by atoms with Gasteiger partial charge in [-0.25, -0.2) is 9.98 Å². The maximum atomic E-state index is 9.57. The van der Waals surface area contributed by atoms with Gasteiger partial charge in [0, 0.05) is 19.6 Å². The van der Waals surface area contributed by atoms with E-state index in [1.54, 1.807) is 0 Å². The molecular formula is C20H30N6O. The summed E-state index contributed by atoms with van der Waals surface area (Å²) < 4.78 is 2.12. The molecule has 0 fully saturated rings. The molecule has 1 aromatic heterocycles. The molecule has 0 radical (unpaired) electrons. The van der Waals surface area contributed by atoms with E-state index >= 15 is 0 Å². The zero-order valence-corrected chi connectivity index (χ0v) is 16.6. The van der Waals surface area contributed by atoms with E-state index in [2.05, 4.69) is 51.1 Å². The maximum absolute atomic E-state index is 9.57. The van der Waals surface area contributed by atoms with Crippen molar-refractivity contribution in [2.75, 3.05) is 19.0 Å². The number of aromatic nitrogens is 2. The molecule has 0 saturated carbocycles. The lowest BCUT2D eigenvalue weighted by molar-refractivity contribution is 0.258. The van der Waals surface area contributed by atoms with Crippen molar-refractivity contribution in [1.82, 2.24) is 19.8 Å². The van der Waals surface area contributed by atoms with E-state index in [1.807, 2.05) is 38.5 Å². The Labute approximate surface area is 161 Å². The number of rotatable bonds is 7. The first-order valence-electron chi connectivity index (χ1n) is 9.57. The topological polar surface area (TPSA) is 77.7 Å². The van der Waals surface area contributed by atoms with E-state index < -0.39 is 0 Å². The second kappa shape index (κ2) is 8.54. The van der Waals surface area contributed by atoms with Crippen LogP contribution in [0.4, 0.5) is 5.82 Å². The Morgan fingerprint density at radius 3 is 2.67 bits per heavy atom. The van der Waals surface area contributed by atoms with Crippen LogP contribution in [0.15, 0.2) is 41.7 Å². The average molecular weight is 371 g/mol. The van der Waals surface area contributed by atoms with Crippen molar-refractivity contribution in [1.29, 1.82) is 0 Å². The summed E-state index contributed by atoms with van der Waals surface area (Å²) in [4.78, 5) is 11.5. The lowest BCUT2D eigenvalue weighted by Crippen LogP contribution is -2.47. The average Bonchev–Trinajstić information content (AvgIpc) is 3.10. The number of hydrogen-bond donors (Lipinski definition) is 3. The highest BCUT2D eigenvalue weighted by Gasteiger charge is 2.33. The monoisotopic (exact) mass is 370 g/mol. The number of nitrogens with zero attached hydrogens (tertiary/aromatic N) is 4. The van der Waals surface area contributed by atoms with Gasteiger partial charge in [-0.15, -0.1) is 0 Å². The number of benzene rings is 1. The number of aliphatic hydroxyl groups excluding tert-OH is 1. The number of guanidine groups is 1. The molecule has 1 aliphatic heterocycles. The molecule has 2 aromatic rings. The molecule has 27 heavy (non-hydrogen) atoms. The number of nitrogens with one attached hydrogen (secondary N) is 2. The second-order valence-corrected chi connectivity index (χ2v) is 7.18. The zero-order chi connectivity index (χ0) is 19.4. The van der Waals surface area contributed by atoms with Gasteiger partial charge in [0.1, 0.15) is 17.7 Å². The Morgan fingerprint density at radius 1 is 1.30 bits per heavy atom. The van der Waals surface area contributed by atoms with E-state index in [0.29, 0.717) is 0 Å². The molecule has 0 aliphatic carbocycles. The molecule has 2 heterocycles. The fourth-order valence-electron chi connectivity index (χ4n) is 3.20. The molecule has 0 amide bonds. The van der Waals surface area contributed by atoms with Gasteiger partial charge in [-0.2, -0.15) is 0 Å². The van der Waals surface area contributed by atoms with E-state index in [0.717, 1.165) is 30.4 Å². The zero-order valence-electron chi connectivity index (χ0n) is 16.6. The first kappa shape index (κ1) is 19.4. The van der Waals surface area contributed by atoms with Crippen molar-refractivity contribution in [3.63, 3.8) is 0 Å². The van der Waals surface area contributed by atoms with Gasteiger partial charge in [-0.3, -0.25) is 5.32 Å². The number of hydrogen-bond acceptors (Lipinski definition) is 4. The standard InChI is InChI=1S/C20H30N6O/c1-5-16(12-27)23-20-24-19-17(22-13-26(19)14(2)3)18(25(20)4)21-11-15-9-7-6-8-10-15/h6-10,13-14,16,18,21,27H,5,11-12H2,1-4H3,(H,23,24)/t16-,18?/m1/s1. The van der Waals surface area contributed by atoms with Gasteiger partial charge < -0.3 is 19.9 Å². The molecule has 1 aromatic carbocycles. The highest BCUT2D eigenvalue weighted by molar-refractivity contribution is 5.95. The summed E-state index contributed by atoms with van der Waals surface area (Å²) in [7, 11) is 2.00. The third kappa shape index (κ3) is 4.14. The minimum Gasteiger partial charge on any atom is -0.394 e. The normalized spacial score (nSPS) is 19.3. The van der Waals surface area contributed by atoms with Crippen molar-refractivity contribution < 1.29 is 5.11 Å². The number of fused-ring (bicyclic) bond motifs is 1. The van der Waals surface area contributed by atoms with E-state index in [4.69, 9.17) is 4.99 Å². The Morgan fingerprint density at radius 2 is 2.04 bits per heavy atom. The SMILES string of the molecule is CC[C@H](CO)N=C1Nc2c(ncn2C(C)C)C(NCc2ccccc2)N1C. The van der Waals surface area contributed by atoms with Crippen LogP contribution in [0, 0.1) is 0 Å². The lowest BCUT2D eigenvalue weighted by Gasteiger charge is -2.36. The van der Waals surface area contributed by atoms with Crippen molar-refractivity contribution in [2.45, 2.75) is 52.0 Å². The van der Waals surface area contributed by atoms with Crippen LogP contribution < -0.4 is 10.6 Å². The van der Waals surface area contributed by atoms with Crippen LogP contribution in [-0.4, -0.2) is 45.2 Å². The summed E-state index contributed by atoms with van der Waals surface area (Å²) in [5, 5.41) is 16.6. The van der Waals surface area contributed by atoms with Crippen LogP contribution in [-0.2, 0) is 6.54 Å². The largest absolute Gasteiger partial charge is 0.394 e. The molecule has 3 rings (SSSR count). The predicted octanol–water partition coefficient (Wildman–Crippen LogP) is 2.74. The molecule has 2 atom stereocenters. The summed E-state index contributed by atoms with van der Waals surface area (Å²) in [5.74, 6) is 1.71. The molecule has 7 heteroatoms. The van der Waals surface area contributed by atoms with E-state index in [9.17, 15) is 5.11 Å². The summed E-state index contributed by atoms with van der Waals surface area (Å²) >= 11 is 0. The van der Waals surface area contributed by atoms with Gasteiger partial charge in [-0.05, 0) is 25.8 Å². The first-order chi connectivity index (χ1) is 13.0. The lowest BCUT2D eigenvalue weighted by atomic mass is 10.2. The van der Waals surface area contributed by atoms with Gasteiger partial charge in [0.25, 0.3) is 0 Å². The molecule has 1 aliphatic rings. The Hall–Kier alpha value is -2.38. The first-order valence-corrected chi connectivity index (χ1v) is 9.57. The highest BCUT2D eigenvalue weighted by atomic mass is 16.3. The minimum absolute atomic E-state index is 0.0356. The maximum Gasteiger partial charge on any atom is 0.201 e. The molecule has 146 valence electrons. The minimum atomic E-state index is -0.123. The molecule has 0 bridgehead atoms. The number of imidazole rings is 1. The molecule has 1 unspecified atom stereocenters. The smallest absolute Gasteiger partial charge is 0.201 e. The number of anilines is 1. The van der Waals surface area contributed by atoms with Crippen LogP contribution in [0.25, 0.3) is 0 Å². The van der Waals surface area contributed by atoms with Crippen molar-refractivity contribution in [2.24, 2.45) is 4.99 Å². The summed E-state index contributed by atoms with van der Waals surface area (Å²) in [6, 6.07) is 10.5. The van der Waals surface area contributed by atoms with E-state index in [-0.39, 0.29) is 24.9 Å². The Balaban J connectivity index is 1.92. The van der Waals surface area contributed by atoms with Crippen molar-refractivity contribution in [3.05, 3.63) is 47.9 Å².